The van der Waals surface area contributed by atoms with Crippen molar-refractivity contribution in [3.63, 3.8) is 0 Å². The van der Waals surface area contributed by atoms with Crippen LogP contribution in [0.5, 0.6) is 0 Å². The third kappa shape index (κ3) is 2.62. The molecule has 0 fully saturated rings. The molecular weight excluding hydrogens is 285 g/mol. The molecule has 0 bridgehead atoms. The van der Waals surface area contributed by atoms with E-state index >= 15 is 0 Å². The molecule has 0 aliphatic carbocycles. The molecule has 0 spiro atoms. The average Bonchev–Trinajstić information content (AvgIpc) is 3.02. The van der Waals surface area contributed by atoms with Crippen LogP contribution in [0.4, 0.5) is 11.4 Å². The van der Waals surface area contributed by atoms with Crippen LogP contribution in [-0.4, -0.2) is 23.6 Å². The van der Waals surface area contributed by atoms with Gasteiger partial charge in [0.25, 0.3) is 0 Å². The van der Waals surface area contributed by atoms with Gasteiger partial charge in [-0.3, -0.25) is 0 Å². The largest absolute Gasteiger partial charge is 0.437 e. The van der Waals surface area contributed by atoms with Crippen molar-refractivity contribution in [1.29, 1.82) is 0 Å². The Labute approximate surface area is 136 Å². The lowest BCUT2D eigenvalue weighted by atomic mass is 9.83. The molecule has 1 aliphatic heterocycles. The summed E-state index contributed by atoms with van der Waals surface area (Å²) in [6.45, 7) is 2.70. The van der Waals surface area contributed by atoms with Gasteiger partial charge >= 0.3 is 7.05 Å². The third-order valence-corrected chi connectivity index (χ3v) is 4.54. The Morgan fingerprint density at radius 2 is 2.09 bits per heavy atom. The highest BCUT2D eigenvalue weighted by molar-refractivity contribution is 6.45. The summed E-state index contributed by atoms with van der Waals surface area (Å²) in [4.78, 5) is 5.60. The van der Waals surface area contributed by atoms with Crippen LogP contribution in [0.25, 0.3) is 10.9 Å². The second-order valence-corrected chi connectivity index (χ2v) is 6.14. The minimum absolute atomic E-state index is 0.193. The van der Waals surface area contributed by atoms with Gasteiger partial charge < -0.3 is 20.1 Å². The van der Waals surface area contributed by atoms with E-state index in [1.54, 1.807) is 6.82 Å². The SMILES string of the molecule is CB(O)NC1CCN(c2ccc3[nH]ccc3c2)c2ccccc21. The first-order valence-corrected chi connectivity index (χ1v) is 8.10. The maximum Gasteiger partial charge on any atom is 0.374 e. The molecule has 4 nitrogen and oxygen atoms in total. The number of rotatable bonds is 3. The summed E-state index contributed by atoms with van der Waals surface area (Å²) in [7, 11) is -0.504. The standard InChI is InChI=1S/C18H20BN3O/c1-19(23)21-17-9-11-22(18-5-3-2-4-15(17)18)14-6-7-16-13(12-14)8-10-20-16/h2-8,10,12,17,20-21,23H,9,11H2,1H3. The number of aromatic nitrogens is 1. The zero-order valence-electron chi connectivity index (χ0n) is 13.2. The van der Waals surface area contributed by atoms with Gasteiger partial charge in [-0.1, -0.05) is 18.2 Å². The van der Waals surface area contributed by atoms with Crippen LogP contribution in [0.1, 0.15) is 18.0 Å². The lowest BCUT2D eigenvalue weighted by molar-refractivity contribution is 0.500. The number of para-hydroxylation sites is 1. The molecule has 0 radical (unpaired) electrons. The van der Waals surface area contributed by atoms with E-state index in [-0.39, 0.29) is 6.04 Å². The summed E-state index contributed by atoms with van der Waals surface area (Å²) in [5.74, 6) is 0. The molecule has 116 valence electrons. The molecule has 1 atom stereocenters. The van der Waals surface area contributed by atoms with Crippen LogP contribution in [0.2, 0.25) is 6.82 Å². The first-order chi connectivity index (χ1) is 11.2. The number of nitrogens with zero attached hydrogens (tertiary/aromatic N) is 1. The van der Waals surface area contributed by atoms with Gasteiger partial charge in [-0.2, -0.15) is 0 Å². The Bertz CT molecular complexity index is 830. The van der Waals surface area contributed by atoms with Crippen LogP contribution in [0.3, 0.4) is 0 Å². The average molecular weight is 305 g/mol. The topological polar surface area (TPSA) is 51.3 Å². The monoisotopic (exact) mass is 305 g/mol. The minimum Gasteiger partial charge on any atom is -0.437 e. The van der Waals surface area contributed by atoms with E-state index in [0.717, 1.165) is 18.5 Å². The van der Waals surface area contributed by atoms with Crippen LogP contribution in [0, 0.1) is 0 Å². The molecule has 0 amide bonds. The van der Waals surface area contributed by atoms with Crippen molar-refractivity contribution in [2.75, 3.05) is 11.4 Å². The summed E-state index contributed by atoms with van der Waals surface area (Å²) >= 11 is 0. The maximum absolute atomic E-state index is 9.68. The highest BCUT2D eigenvalue weighted by atomic mass is 16.2. The number of hydrogen-bond acceptors (Lipinski definition) is 3. The summed E-state index contributed by atoms with van der Waals surface area (Å²) in [5.41, 5.74) is 4.83. The Hall–Kier alpha value is -2.24. The van der Waals surface area contributed by atoms with Crippen LogP contribution in [0.15, 0.2) is 54.7 Å². The molecular formula is C18H20BN3O. The van der Waals surface area contributed by atoms with Crippen molar-refractivity contribution < 1.29 is 5.02 Å². The van der Waals surface area contributed by atoms with Gasteiger partial charge in [0.15, 0.2) is 0 Å². The summed E-state index contributed by atoms with van der Waals surface area (Å²) in [5, 5.41) is 14.2. The fourth-order valence-electron chi connectivity index (χ4n) is 3.50. The van der Waals surface area contributed by atoms with Gasteiger partial charge in [-0.15, -0.1) is 0 Å². The summed E-state index contributed by atoms with van der Waals surface area (Å²) < 4.78 is 0. The zero-order valence-corrected chi connectivity index (χ0v) is 13.2. The number of hydrogen-bond donors (Lipinski definition) is 3. The van der Waals surface area contributed by atoms with Crippen molar-refractivity contribution >= 4 is 29.3 Å². The Morgan fingerprint density at radius 1 is 1.22 bits per heavy atom. The van der Waals surface area contributed by atoms with Gasteiger partial charge in [0.1, 0.15) is 0 Å². The van der Waals surface area contributed by atoms with E-state index in [1.165, 1.54) is 22.3 Å². The molecule has 5 heteroatoms. The van der Waals surface area contributed by atoms with Crippen molar-refractivity contribution in [3.05, 3.63) is 60.3 Å². The molecule has 3 aromatic rings. The Kier molecular flexibility index (Phi) is 3.60. The van der Waals surface area contributed by atoms with Crippen LogP contribution < -0.4 is 10.1 Å². The molecule has 23 heavy (non-hydrogen) atoms. The van der Waals surface area contributed by atoms with Gasteiger partial charge in [0.05, 0.1) is 0 Å². The molecule has 0 saturated carbocycles. The van der Waals surface area contributed by atoms with E-state index in [2.05, 4.69) is 63.6 Å². The normalized spacial score (nSPS) is 17.3. The van der Waals surface area contributed by atoms with E-state index in [1.807, 2.05) is 6.20 Å². The first-order valence-electron chi connectivity index (χ1n) is 8.10. The molecule has 3 N–H and O–H groups in total. The van der Waals surface area contributed by atoms with Crippen molar-refractivity contribution in [3.8, 4) is 0 Å². The summed E-state index contributed by atoms with van der Waals surface area (Å²) in [6, 6.07) is 17.3. The predicted octanol–water partition coefficient (Wildman–Crippen LogP) is 3.45. The number of anilines is 2. The fraction of sp³-hybridized carbons (Fsp3) is 0.222. The quantitative estimate of drug-likeness (QED) is 0.650. The van der Waals surface area contributed by atoms with E-state index < -0.39 is 7.05 Å². The minimum atomic E-state index is -0.504. The lowest BCUT2D eigenvalue weighted by Crippen LogP contribution is -2.39. The number of benzene rings is 2. The number of H-pyrrole nitrogens is 1. The second-order valence-electron chi connectivity index (χ2n) is 6.14. The summed E-state index contributed by atoms with van der Waals surface area (Å²) in [6.07, 6.45) is 2.94. The van der Waals surface area contributed by atoms with Gasteiger partial charge in [0.2, 0.25) is 0 Å². The lowest BCUT2D eigenvalue weighted by Gasteiger charge is -2.36. The third-order valence-electron chi connectivity index (χ3n) is 4.54. The van der Waals surface area contributed by atoms with Crippen LogP contribution >= 0.6 is 0 Å². The zero-order chi connectivity index (χ0) is 15.8. The predicted molar refractivity (Wildman–Crippen MR) is 96.1 cm³/mol. The van der Waals surface area contributed by atoms with E-state index in [4.69, 9.17) is 0 Å². The van der Waals surface area contributed by atoms with E-state index in [0.29, 0.717) is 0 Å². The molecule has 1 aromatic heterocycles. The first kappa shape index (κ1) is 14.4. The van der Waals surface area contributed by atoms with Crippen LogP contribution in [-0.2, 0) is 0 Å². The number of nitrogens with one attached hydrogen (secondary N) is 2. The smallest absolute Gasteiger partial charge is 0.374 e. The van der Waals surface area contributed by atoms with Gasteiger partial charge in [-0.25, -0.2) is 0 Å². The maximum atomic E-state index is 9.68. The van der Waals surface area contributed by atoms with Crippen molar-refractivity contribution in [2.45, 2.75) is 19.3 Å². The highest BCUT2D eigenvalue weighted by Gasteiger charge is 2.26. The number of aromatic amines is 1. The molecule has 0 saturated heterocycles. The highest BCUT2D eigenvalue weighted by Crippen LogP contribution is 2.38. The molecule has 2 heterocycles. The molecule has 4 rings (SSSR count). The molecule has 1 unspecified atom stereocenters. The van der Waals surface area contributed by atoms with Crippen molar-refractivity contribution in [1.82, 2.24) is 10.2 Å². The second kappa shape index (κ2) is 5.76. The van der Waals surface area contributed by atoms with E-state index in [9.17, 15) is 5.02 Å². The Morgan fingerprint density at radius 3 is 2.96 bits per heavy atom. The van der Waals surface area contributed by atoms with Gasteiger partial charge in [-0.05, 0) is 49.1 Å². The number of fused-ring (bicyclic) bond motifs is 2. The van der Waals surface area contributed by atoms with Crippen molar-refractivity contribution in [2.24, 2.45) is 0 Å². The molecule has 2 aromatic carbocycles. The van der Waals surface area contributed by atoms with Gasteiger partial charge in [0, 0.05) is 41.1 Å². The molecule has 1 aliphatic rings. The fourth-order valence-corrected chi connectivity index (χ4v) is 3.50. The Balaban J connectivity index is 1.74.